The summed E-state index contributed by atoms with van der Waals surface area (Å²) in [5.41, 5.74) is 8.36. The highest BCUT2D eigenvalue weighted by Crippen LogP contribution is 2.12. The second kappa shape index (κ2) is 4.87. The number of pyridine rings is 1. The highest BCUT2D eigenvalue weighted by Gasteiger charge is 1.95. The number of aryl methyl sites for hydroxylation is 1. The molecular weight excluding hydrogens is 184 g/mol. The molecule has 0 atom stereocenters. The Bertz CT molecular complexity index is 308. The van der Waals surface area contributed by atoms with E-state index in [0.717, 1.165) is 17.7 Å². The molecule has 2 N–H and O–H groups in total. The van der Waals surface area contributed by atoms with Crippen molar-refractivity contribution in [2.75, 3.05) is 11.6 Å². The molecule has 0 aliphatic carbocycles. The van der Waals surface area contributed by atoms with Gasteiger partial charge < -0.3 is 5.73 Å². The van der Waals surface area contributed by atoms with Crippen LogP contribution in [0, 0.1) is 6.92 Å². The Morgan fingerprint density at radius 3 is 3.00 bits per heavy atom. The molecule has 1 aromatic heterocycles. The van der Waals surface area contributed by atoms with Crippen molar-refractivity contribution in [1.29, 1.82) is 0 Å². The van der Waals surface area contributed by atoms with Gasteiger partial charge in [-0.25, -0.2) is 0 Å². The minimum atomic E-state index is 0.627. The van der Waals surface area contributed by atoms with Crippen LogP contribution in [0.5, 0.6) is 0 Å². The summed E-state index contributed by atoms with van der Waals surface area (Å²) < 4.78 is 0. The van der Waals surface area contributed by atoms with E-state index in [9.17, 15) is 0 Å². The third-order valence-electron chi connectivity index (χ3n) is 1.64. The van der Waals surface area contributed by atoms with Crippen molar-refractivity contribution in [3.05, 3.63) is 29.6 Å². The minimum absolute atomic E-state index is 0.627. The van der Waals surface area contributed by atoms with E-state index >= 15 is 0 Å². The highest BCUT2D eigenvalue weighted by atomic mass is 35.5. The van der Waals surface area contributed by atoms with Gasteiger partial charge in [0.2, 0.25) is 0 Å². The number of rotatable bonds is 3. The molecule has 3 heteroatoms. The molecule has 0 fully saturated rings. The zero-order chi connectivity index (χ0) is 9.68. The zero-order valence-corrected chi connectivity index (χ0v) is 8.38. The smallest absolute Gasteiger partial charge is 0.0855 e. The largest absolute Gasteiger partial charge is 0.397 e. The molecule has 0 aliphatic rings. The Morgan fingerprint density at radius 1 is 1.62 bits per heavy atom. The van der Waals surface area contributed by atoms with E-state index in [2.05, 4.69) is 4.98 Å². The van der Waals surface area contributed by atoms with Crippen molar-refractivity contribution in [2.24, 2.45) is 0 Å². The van der Waals surface area contributed by atoms with E-state index in [0.29, 0.717) is 11.6 Å². The molecule has 0 saturated heterocycles. The lowest BCUT2D eigenvalue weighted by atomic mass is 10.2. The predicted octanol–water partition coefficient (Wildman–Crippen LogP) is 2.61. The number of nitrogens with zero attached hydrogens (tertiary/aromatic N) is 1. The fraction of sp³-hybridized carbons (Fsp3) is 0.300. The topological polar surface area (TPSA) is 38.9 Å². The molecule has 70 valence electrons. The van der Waals surface area contributed by atoms with Crippen LogP contribution in [-0.4, -0.2) is 10.9 Å². The van der Waals surface area contributed by atoms with Crippen LogP contribution in [0.1, 0.15) is 17.7 Å². The summed E-state index contributed by atoms with van der Waals surface area (Å²) >= 11 is 5.53. The van der Waals surface area contributed by atoms with E-state index in [-0.39, 0.29) is 0 Å². The summed E-state index contributed by atoms with van der Waals surface area (Å²) in [5, 5.41) is 0. The second-order valence-electron chi connectivity index (χ2n) is 2.87. The summed E-state index contributed by atoms with van der Waals surface area (Å²) in [6.45, 7) is 1.97. The van der Waals surface area contributed by atoms with E-state index < -0.39 is 0 Å². The molecule has 0 spiro atoms. The van der Waals surface area contributed by atoms with Crippen LogP contribution in [0.3, 0.4) is 0 Å². The summed E-state index contributed by atoms with van der Waals surface area (Å²) in [5.74, 6) is 0.627. The fourth-order valence-corrected chi connectivity index (χ4v) is 1.13. The third kappa shape index (κ3) is 3.07. The van der Waals surface area contributed by atoms with Crippen LogP contribution in [0.25, 0.3) is 6.08 Å². The lowest BCUT2D eigenvalue weighted by molar-refractivity contribution is 1.22. The maximum absolute atomic E-state index is 5.76. The first-order valence-electron chi connectivity index (χ1n) is 4.18. The molecule has 2 nitrogen and oxygen atoms in total. The van der Waals surface area contributed by atoms with E-state index in [1.807, 2.05) is 25.1 Å². The molecule has 0 radical (unpaired) electrons. The average Bonchev–Trinajstić information content (AvgIpc) is 2.09. The second-order valence-corrected chi connectivity index (χ2v) is 3.25. The van der Waals surface area contributed by atoms with Gasteiger partial charge in [-0.3, -0.25) is 4.98 Å². The SMILES string of the molecule is Cc1cnc(C=CCCCl)c(N)c1. The Kier molecular flexibility index (Phi) is 3.77. The Labute approximate surface area is 83.4 Å². The molecule has 0 bridgehead atoms. The number of nitrogens with two attached hydrogens (primary N) is 1. The summed E-state index contributed by atoms with van der Waals surface area (Å²) in [7, 11) is 0. The fourth-order valence-electron chi connectivity index (χ4n) is 1.000. The van der Waals surface area contributed by atoms with Gasteiger partial charge in [0.05, 0.1) is 11.4 Å². The zero-order valence-electron chi connectivity index (χ0n) is 7.63. The van der Waals surface area contributed by atoms with Gasteiger partial charge in [0.25, 0.3) is 0 Å². The van der Waals surface area contributed by atoms with Crippen molar-refractivity contribution < 1.29 is 0 Å². The highest BCUT2D eigenvalue weighted by molar-refractivity contribution is 6.17. The molecule has 0 saturated carbocycles. The van der Waals surface area contributed by atoms with E-state index in [1.165, 1.54) is 0 Å². The number of nitrogen functional groups attached to an aromatic ring is 1. The molecule has 13 heavy (non-hydrogen) atoms. The molecule has 0 unspecified atom stereocenters. The predicted molar refractivity (Wildman–Crippen MR) is 57.8 cm³/mol. The maximum atomic E-state index is 5.76. The first-order valence-corrected chi connectivity index (χ1v) is 4.72. The van der Waals surface area contributed by atoms with Gasteiger partial charge in [-0.2, -0.15) is 0 Å². The van der Waals surface area contributed by atoms with Crippen molar-refractivity contribution >= 4 is 23.4 Å². The van der Waals surface area contributed by atoms with Gasteiger partial charge in [-0.1, -0.05) is 6.08 Å². The van der Waals surface area contributed by atoms with Crippen LogP contribution < -0.4 is 5.73 Å². The number of anilines is 1. The molecule has 0 aliphatic heterocycles. The molecule has 0 amide bonds. The molecule has 1 heterocycles. The molecule has 1 aromatic rings. The van der Waals surface area contributed by atoms with Gasteiger partial charge in [-0.15, -0.1) is 11.6 Å². The van der Waals surface area contributed by atoms with Crippen molar-refractivity contribution in [3.63, 3.8) is 0 Å². The molecule has 1 rings (SSSR count). The Balaban J connectivity index is 2.77. The molecular formula is C10H13ClN2. The normalized spacial score (nSPS) is 10.9. The Morgan fingerprint density at radius 2 is 2.38 bits per heavy atom. The number of hydrogen-bond donors (Lipinski definition) is 1. The first kappa shape index (κ1) is 10.1. The lowest BCUT2D eigenvalue weighted by Gasteiger charge is -1.99. The monoisotopic (exact) mass is 196 g/mol. The number of aromatic nitrogens is 1. The van der Waals surface area contributed by atoms with E-state index in [1.54, 1.807) is 6.20 Å². The number of alkyl halides is 1. The van der Waals surface area contributed by atoms with Crippen molar-refractivity contribution in [3.8, 4) is 0 Å². The lowest BCUT2D eigenvalue weighted by Crippen LogP contribution is -1.93. The van der Waals surface area contributed by atoms with Gasteiger partial charge in [0.1, 0.15) is 0 Å². The Hall–Kier alpha value is -1.02. The molecule has 0 aromatic carbocycles. The van der Waals surface area contributed by atoms with Gasteiger partial charge in [-0.05, 0) is 31.1 Å². The van der Waals surface area contributed by atoms with Crippen molar-refractivity contribution in [2.45, 2.75) is 13.3 Å². The van der Waals surface area contributed by atoms with E-state index in [4.69, 9.17) is 17.3 Å². The quantitative estimate of drug-likeness (QED) is 0.755. The van der Waals surface area contributed by atoms with Gasteiger partial charge in [0.15, 0.2) is 0 Å². The summed E-state index contributed by atoms with van der Waals surface area (Å²) in [6.07, 6.45) is 6.52. The summed E-state index contributed by atoms with van der Waals surface area (Å²) in [6, 6.07) is 1.91. The van der Waals surface area contributed by atoms with Crippen LogP contribution >= 0.6 is 11.6 Å². The van der Waals surface area contributed by atoms with Crippen LogP contribution in [0.4, 0.5) is 5.69 Å². The number of allylic oxidation sites excluding steroid dienone is 1. The van der Waals surface area contributed by atoms with Gasteiger partial charge >= 0.3 is 0 Å². The standard InChI is InChI=1S/C10H13ClN2/c1-8-6-9(12)10(13-7-8)4-2-3-5-11/h2,4,6-7H,3,5,12H2,1H3. The van der Waals surface area contributed by atoms with Crippen LogP contribution in [0.15, 0.2) is 18.3 Å². The number of halogens is 1. The summed E-state index contributed by atoms with van der Waals surface area (Å²) in [4.78, 5) is 4.19. The number of hydrogen-bond acceptors (Lipinski definition) is 2. The third-order valence-corrected chi connectivity index (χ3v) is 1.86. The van der Waals surface area contributed by atoms with Crippen molar-refractivity contribution in [1.82, 2.24) is 4.98 Å². The maximum Gasteiger partial charge on any atom is 0.0855 e. The van der Waals surface area contributed by atoms with Crippen LogP contribution in [0.2, 0.25) is 0 Å². The average molecular weight is 197 g/mol. The minimum Gasteiger partial charge on any atom is -0.397 e. The first-order chi connectivity index (χ1) is 6.24. The van der Waals surface area contributed by atoms with Crippen LogP contribution in [-0.2, 0) is 0 Å². The van der Waals surface area contributed by atoms with Gasteiger partial charge in [0, 0.05) is 12.1 Å².